The molecule has 0 fully saturated rings. The Morgan fingerprint density at radius 2 is 2.31 bits per heavy atom. The molecule has 0 aromatic carbocycles. The highest BCUT2D eigenvalue weighted by molar-refractivity contribution is 7.10. The number of hydrogen-bond donors (Lipinski definition) is 2. The van der Waals surface area contributed by atoms with Gasteiger partial charge in [0.05, 0.1) is 11.3 Å². The minimum atomic E-state index is -0.0197. The van der Waals surface area contributed by atoms with Crippen molar-refractivity contribution < 1.29 is 9.90 Å². The smallest absolute Gasteiger partial charge is 0.252 e. The molecule has 140 valence electrons. The topological polar surface area (TPSA) is 65.5 Å². The second-order valence-corrected chi connectivity index (χ2v) is 7.87. The summed E-state index contributed by atoms with van der Waals surface area (Å²) in [6, 6.07) is 4.25. The van der Waals surface area contributed by atoms with E-state index in [2.05, 4.69) is 34.3 Å². The molecular formula is C20H27N3O2S. The van der Waals surface area contributed by atoms with Crippen LogP contribution in [0.3, 0.4) is 0 Å². The van der Waals surface area contributed by atoms with E-state index in [0.29, 0.717) is 6.42 Å². The number of pyridine rings is 1. The lowest BCUT2D eigenvalue weighted by Gasteiger charge is -2.27. The maximum Gasteiger partial charge on any atom is 0.252 e. The zero-order valence-electron chi connectivity index (χ0n) is 15.5. The number of aliphatic hydroxyl groups is 1. The minimum Gasteiger partial charge on any atom is -0.396 e. The van der Waals surface area contributed by atoms with Gasteiger partial charge in [-0.3, -0.25) is 14.7 Å². The number of aryl methyl sites for hydroxylation is 1. The third-order valence-corrected chi connectivity index (χ3v) is 5.90. The van der Waals surface area contributed by atoms with Gasteiger partial charge in [0.15, 0.2) is 0 Å². The van der Waals surface area contributed by atoms with E-state index in [-0.39, 0.29) is 18.6 Å². The van der Waals surface area contributed by atoms with Gasteiger partial charge in [0.2, 0.25) is 0 Å². The highest BCUT2D eigenvalue weighted by Crippen LogP contribution is 2.29. The summed E-state index contributed by atoms with van der Waals surface area (Å²) < 4.78 is 0. The molecule has 0 saturated heterocycles. The highest BCUT2D eigenvalue weighted by Gasteiger charge is 2.24. The zero-order valence-corrected chi connectivity index (χ0v) is 16.3. The van der Waals surface area contributed by atoms with Gasteiger partial charge in [0.1, 0.15) is 0 Å². The molecule has 6 heteroatoms. The number of fused-ring (bicyclic) bond motifs is 1. The first kappa shape index (κ1) is 19.0. The lowest BCUT2D eigenvalue weighted by Crippen LogP contribution is -2.35. The molecule has 0 radical (unpaired) electrons. The van der Waals surface area contributed by atoms with E-state index < -0.39 is 0 Å². The highest BCUT2D eigenvalue weighted by atomic mass is 32.1. The van der Waals surface area contributed by atoms with E-state index in [4.69, 9.17) is 5.11 Å². The number of nitrogens with one attached hydrogen (secondary N) is 1. The van der Waals surface area contributed by atoms with Crippen LogP contribution in [0.25, 0.3) is 0 Å². The largest absolute Gasteiger partial charge is 0.396 e. The molecule has 0 unspecified atom stereocenters. The van der Waals surface area contributed by atoms with Crippen LogP contribution in [-0.4, -0.2) is 40.1 Å². The Morgan fingerprint density at radius 3 is 3.00 bits per heavy atom. The second-order valence-electron chi connectivity index (χ2n) is 6.91. The molecule has 2 aromatic rings. The molecule has 0 spiro atoms. The minimum absolute atomic E-state index is 0.0136. The van der Waals surface area contributed by atoms with Gasteiger partial charge >= 0.3 is 0 Å². The van der Waals surface area contributed by atoms with Gasteiger partial charge in [-0.1, -0.05) is 13.0 Å². The Labute approximate surface area is 159 Å². The van der Waals surface area contributed by atoms with E-state index in [0.717, 1.165) is 43.7 Å². The number of rotatable bonds is 7. The molecule has 2 aromatic heterocycles. The SMILES string of the molecule is CCc1ccc(CN2CCc3c(C(=O)N[C@@H](C)CCO)csc3C2)nc1. The van der Waals surface area contributed by atoms with Gasteiger partial charge in [0, 0.05) is 48.7 Å². The summed E-state index contributed by atoms with van der Waals surface area (Å²) in [4.78, 5) is 20.7. The van der Waals surface area contributed by atoms with E-state index in [9.17, 15) is 4.79 Å². The van der Waals surface area contributed by atoms with Crippen LogP contribution in [0, 0.1) is 0 Å². The van der Waals surface area contributed by atoms with Crippen LogP contribution in [0.4, 0.5) is 0 Å². The third kappa shape index (κ3) is 4.50. The summed E-state index contributed by atoms with van der Waals surface area (Å²) in [5, 5.41) is 13.9. The molecule has 0 aliphatic carbocycles. The predicted octanol–water partition coefficient (Wildman–Crippen LogP) is 2.76. The quantitative estimate of drug-likeness (QED) is 0.783. The number of aromatic nitrogens is 1. The molecule has 26 heavy (non-hydrogen) atoms. The standard InChI is InChI=1S/C20H27N3O2S/c1-3-15-4-5-16(21-10-15)11-23-8-6-17-18(13-26-19(17)12-23)20(25)22-14(2)7-9-24/h4-5,10,13-14,24H,3,6-9,11-12H2,1-2H3,(H,22,25)/t14-/m0/s1. The molecule has 3 rings (SSSR count). The van der Waals surface area contributed by atoms with Gasteiger partial charge < -0.3 is 10.4 Å². The molecule has 5 nitrogen and oxygen atoms in total. The van der Waals surface area contributed by atoms with Crippen molar-refractivity contribution in [2.75, 3.05) is 13.2 Å². The van der Waals surface area contributed by atoms with Crippen molar-refractivity contribution in [3.8, 4) is 0 Å². The van der Waals surface area contributed by atoms with Gasteiger partial charge in [-0.2, -0.15) is 0 Å². The maximum atomic E-state index is 12.5. The van der Waals surface area contributed by atoms with Crippen LogP contribution in [0.15, 0.2) is 23.7 Å². The Morgan fingerprint density at radius 1 is 1.46 bits per heavy atom. The Balaban J connectivity index is 1.62. The average Bonchev–Trinajstić information content (AvgIpc) is 3.06. The van der Waals surface area contributed by atoms with Crippen molar-refractivity contribution in [2.24, 2.45) is 0 Å². The average molecular weight is 374 g/mol. The number of nitrogens with zero attached hydrogens (tertiary/aromatic N) is 2. The molecule has 2 N–H and O–H groups in total. The lowest BCUT2D eigenvalue weighted by atomic mass is 10.0. The number of amides is 1. The summed E-state index contributed by atoms with van der Waals surface area (Å²) in [7, 11) is 0. The summed E-state index contributed by atoms with van der Waals surface area (Å²) in [6.07, 6.45) is 4.45. The molecular weight excluding hydrogens is 346 g/mol. The molecule has 0 saturated carbocycles. The number of carbonyl (C=O) groups is 1. The van der Waals surface area contributed by atoms with Gasteiger partial charge in [0.25, 0.3) is 5.91 Å². The third-order valence-electron chi connectivity index (χ3n) is 4.89. The molecule has 0 bridgehead atoms. The van der Waals surface area contributed by atoms with Gasteiger partial charge in [-0.05, 0) is 43.4 Å². The van der Waals surface area contributed by atoms with Crippen LogP contribution in [-0.2, 0) is 25.9 Å². The van der Waals surface area contributed by atoms with Crippen molar-refractivity contribution in [1.82, 2.24) is 15.2 Å². The number of aliphatic hydroxyl groups excluding tert-OH is 1. The lowest BCUT2D eigenvalue weighted by molar-refractivity contribution is 0.0933. The first-order valence-electron chi connectivity index (χ1n) is 9.27. The Kier molecular flexibility index (Phi) is 6.40. The van der Waals surface area contributed by atoms with Gasteiger partial charge in [-0.25, -0.2) is 0 Å². The normalized spacial score (nSPS) is 15.5. The zero-order chi connectivity index (χ0) is 18.5. The fourth-order valence-corrected chi connectivity index (χ4v) is 4.38. The van der Waals surface area contributed by atoms with Crippen LogP contribution >= 0.6 is 11.3 Å². The van der Waals surface area contributed by atoms with Crippen LogP contribution in [0.5, 0.6) is 0 Å². The van der Waals surface area contributed by atoms with Crippen molar-refractivity contribution in [1.29, 1.82) is 0 Å². The summed E-state index contributed by atoms with van der Waals surface area (Å²) in [5.41, 5.74) is 4.35. The fraction of sp³-hybridized carbons (Fsp3) is 0.500. The predicted molar refractivity (Wildman–Crippen MR) is 104 cm³/mol. The maximum absolute atomic E-state index is 12.5. The van der Waals surface area contributed by atoms with Crippen LogP contribution in [0.2, 0.25) is 0 Å². The Bertz CT molecular complexity index is 742. The van der Waals surface area contributed by atoms with E-state index in [1.165, 1.54) is 16.0 Å². The number of hydrogen-bond acceptors (Lipinski definition) is 5. The summed E-state index contributed by atoms with van der Waals surface area (Å²) >= 11 is 1.67. The number of thiophene rings is 1. The van der Waals surface area contributed by atoms with Crippen molar-refractivity contribution >= 4 is 17.2 Å². The first-order chi connectivity index (χ1) is 12.6. The molecule has 1 aliphatic heterocycles. The Hall–Kier alpha value is -1.76. The molecule has 1 amide bonds. The molecule has 1 aliphatic rings. The fourth-order valence-electron chi connectivity index (χ4n) is 3.26. The van der Waals surface area contributed by atoms with Crippen molar-refractivity contribution in [3.63, 3.8) is 0 Å². The molecule has 3 heterocycles. The van der Waals surface area contributed by atoms with Gasteiger partial charge in [-0.15, -0.1) is 11.3 Å². The van der Waals surface area contributed by atoms with E-state index >= 15 is 0 Å². The second kappa shape index (κ2) is 8.75. The molecule has 1 atom stereocenters. The van der Waals surface area contributed by atoms with Crippen molar-refractivity contribution in [3.05, 3.63) is 51.0 Å². The van der Waals surface area contributed by atoms with E-state index in [1.54, 1.807) is 11.3 Å². The first-order valence-corrected chi connectivity index (χ1v) is 10.2. The monoisotopic (exact) mass is 373 g/mol. The van der Waals surface area contributed by atoms with Crippen LogP contribution in [0.1, 0.15) is 52.3 Å². The van der Waals surface area contributed by atoms with E-state index in [1.807, 2.05) is 18.5 Å². The van der Waals surface area contributed by atoms with Crippen LogP contribution < -0.4 is 5.32 Å². The summed E-state index contributed by atoms with van der Waals surface area (Å²) in [6.45, 7) is 6.80. The summed E-state index contributed by atoms with van der Waals surface area (Å²) in [5.74, 6) is -0.0197. The number of carbonyl (C=O) groups excluding carboxylic acids is 1. The van der Waals surface area contributed by atoms with Crippen molar-refractivity contribution in [2.45, 2.75) is 52.2 Å².